The van der Waals surface area contributed by atoms with Crippen LogP contribution >= 0.6 is 0 Å². The topological polar surface area (TPSA) is 75.2 Å². The minimum atomic E-state index is -0.219. The molecule has 1 saturated heterocycles. The molecular weight excluding hydrogens is 368 g/mol. The van der Waals surface area contributed by atoms with E-state index in [-0.39, 0.29) is 11.7 Å². The second kappa shape index (κ2) is 11.0. The number of likely N-dealkylation sites (tertiary alicyclic amines) is 1. The number of guanidine groups is 1. The maximum absolute atomic E-state index is 11.8. The number of ether oxygens (including phenoxy) is 2. The smallest absolute Gasteiger partial charge is 0.409 e. The SMILES string of the molecule is CCOC(=O)N1CCC(NC(=NC)NCc2cccc(COC(C)(C)C)c2)CC1. The highest BCUT2D eigenvalue weighted by Crippen LogP contribution is 2.14. The van der Waals surface area contributed by atoms with Crippen LogP contribution in [0.15, 0.2) is 29.3 Å². The zero-order valence-corrected chi connectivity index (χ0v) is 18.5. The van der Waals surface area contributed by atoms with Crippen molar-refractivity contribution in [2.45, 2.75) is 65.3 Å². The van der Waals surface area contributed by atoms with Gasteiger partial charge < -0.3 is 25.0 Å². The quantitative estimate of drug-likeness (QED) is 0.562. The van der Waals surface area contributed by atoms with Gasteiger partial charge in [-0.2, -0.15) is 0 Å². The van der Waals surface area contributed by atoms with Gasteiger partial charge in [0.05, 0.1) is 18.8 Å². The van der Waals surface area contributed by atoms with E-state index in [0.717, 1.165) is 24.4 Å². The van der Waals surface area contributed by atoms with Crippen molar-refractivity contribution in [1.29, 1.82) is 0 Å². The van der Waals surface area contributed by atoms with E-state index in [1.807, 2.05) is 6.92 Å². The summed E-state index contributed by atoms with van der Waals surface area (Å²) in [7, 11) is 1.77. The second-order valence-corrected chi connectivity index (χ2v) is 8.25. The van der Waals surface area contributed by atoms with Gasteiger partial charge in [-0.25, -0.2) is 4.79 Å². The zero-order chi connectivity index (χ0) is 21.3. The molecule has 0 atom stereocenters. The summed E-state index contributed by atoms with van der Waals surface area (Å²) in [4.78, 5) is 17.9. The fourth-order valence-corrected chi connectivity index (χ4v) is 3.12. The highest BCUT2D eigenvalue weighted by Gasteiger charge is 2.24. The fourth-order valence-electron chi connectivity index (χ4n) is 3.12. The van der Waals surface area contributed by atoms with Crippen LogP contribution < -0.4 is 10.6 Å². The highest BCUT2D eigenvalue weighted by molar-refractivity contribution is 5.80. The molecule has 7 nitrogen and oxygen atoms in total. The summed E-state index contributed by atoms with van der Waals surface area (Å²) in [6.07, 6.45) is 1.53. The highest BCUT2D eigenvalue weighted by atomic mass is 16.6. The first-order valence-electron chi connectivity index (χ1n) is 10.4. The monoisotopic (exact) mass is 404 g/mol. The van der Waals surface area contributed by atoms with Crippen molar-refractivity contribution in [3.05, 3.63) is 35.4 Å². The molecule has 0 spiro atoms. The Bertz CT molecular complexity index is 677. The van der Waals surface area contributed by atoms with Gasteiger partial charge >= 0.3 is 6.09 Å². The first-order valence-corrected chi connectivity index (χ1v) is 10.4. The Morgan fingerprint density at radius 2 is 1.93 bits per heavy atom. The first kappa shape index (κ1) is 23.0. The molecule has 0 aromatic heterocycles. The predicted octanol–water partition coefficient (Wildman–Crippen LogP) is 3.29. The number of piperidine rings is 1. The number of amides is 1. The van der Waals surface area contributed by atoms with Crippen LogP contribution in [0.3, 0.4) is 0 Å². The lowest BCUT2D eigenvalue weighted by Gasteiger charge is -2.32. The molecule has 1 aromatic rings. The molecule has 1 aliphatic heterocycles. The maximum atomic E-state index is 11.8. The van der Waals surface area contributed by atoms with Crippen molar-refractivity contribution in [2.75, 3.05) is 26.7 Å². The summed E-state index contributed by atoms with van der Waals surface area (Å²) in [5, 5.41) is 6.84. The van der Waals surface area contributed by atoms with Gasteiger partial charge in [0.15, 0.2) is 5.96 Å². The molecule has 1 amide bonds. The number of carbonyl (C=O) groups excluding carboxylic acids is 1. The largest absolute Gasteiger partial charge is 0.450 e. The summed E-state index contributed by atoms with van der Waals surface area (Å²) in [5.74, 6) is 0.774. The minimum Gasteiger partial charge on any atom is -0.450 e. The van der Waals surface area contributed by atoms with E-state index in [0.29, 0.717) is 38.9 Å². The number of nitrogens with zero attached hydrogens (tertiary/aromatic N) is 2. The third-order valence-electron chi connectivity index (χ3n) is 4.71. The Hall–Kier alpha value is -2.28. The average Bonchev–Trinajstić information content (AvgIpc) is 2.70. The molecule has 0 bridgehead atoms. The lowest BCUT2D eigenvalue weighted by atomic mass is 10.1. The van der Waals surface area contributed by atoms with Gasteiger partial charge in [-0.3, -0.25) is 4.99 Å². The molecule has 29 heavy (non-hydrogen) atoms. The third kappa shape index (κ3) is 8.31. The van der Waals surface area contributed by atoms with E-state index in [9.17, 15) is 4.79 Å². The van der Waals surface area contributed by atoms with E-state index < -0.39 is 0 Å². The summed E-state index contributed by atoms with van der Waals surface area (Å²) in [6.45, 7) is 11.1. The van der Waals surface area contributed by atoms with Gasteiger partial charge in [0.25, 0.3) is 0 Å². The van der Waals surface area contributed by atoms with E-state index in [2.05, 4.69) is 60.7 Å². The second-order valence-electron chi connectivity index (χ2n) is 8.25. The molecule has 1 aliphatic rings. The third-order valence-corrected chi connectivity index (χ3v) is 4.71. The molecule has 0 saturated carbocycles. The van der Waals surface area contributed by atoms with Crippen molar-refractivity contribution >= 4 is 12.1 Å². The number of hydrogen-bond acceptors (Lipinski definition) is 4. The predicted molar refractivity (Wildman–Crippen MR) is 116 cm³/mol. The van der Waals surface area contributed by atoms with Crippen LogP contribution in [0.1, 0.15) is 51.7 Å². The molecule has 1 fully saturated rings. The van der Waals surface area contributed by atoms with Crippen molar-refractivity contribution in [2.24, 2.45) is 4.99 Å². The van der Waals surface area contributed by atoms with E-state index >= 15 is 0 Å². The van der Waals surface area contributed by atoms with Gasteiger partial charge in [-0.05, 0) is 51.7 Å². The van der Waals surface area contributed by atoms with Crippen LogP contribution in [-0.4, -0.2) is 55.3 Å². The van der Waals surface area contributed by atoms with Crippen molar-refractivity contribution < 1.29 is 14.3 Å². The minimum absolute atomic E-state index is 0.150. The van der Waals surface area contributed by atoms with Gasteiger partial charge in [-0.15, -0.1) is 0 Å². The fraction of sp³-hybridized carbons (Fsp3) is 0.636. The van der Waals surface area contributed by atoms with Crippen molar-refractivity contribution in [3.63, 3.8) is 0 Å². The summed E-state index contributed by atoms with van der Waals surface area (Å²) in [6, 6.07) is 8.68. The molecule has 7 heteroatoms. The van der Waals surface area contributed by atoms with E-state index in [1.54, 1.807) is 11.9 Å². The molecule has 2 rings (SSSR count). The van der Waals surface area contributed by atoms with Crippen LogP contribution in [0.4, 0.5) is 4.79 Å². The first-order chi connectivity index (χ1) is 13.8. The number of benzene rings is 1. The summed E-state index contributed by atoms with van der Waals surface area (Å²) < 4.78 is 10.9. The molecule has 1 heterocycles. The Labute approximate surface area is 174 Å². The van der Waals surface area contributed by atoms with Gasteiger partial charge in [0, 0.05) is 32.7 Å². The number of aliphatic imine (C=N–C) groups is 1. The molecule has 0 radical (unpaired) electrons. The normalized spacial score (nSPS) is 15.9. The van der Waals surface area contributed by atoms with Crippen molar-refractivity contribution in [1.82, 2.24) is 15.5 Å². The molecule has 2 N–H and O–H groups in total. The molecule has 162 valence electrons. The van der Waals surface area contributed by atoms with Gasteiger partial charge in [-0.1, -0.05) is 24.3 Å². The average molecular weight is 405 g/mol. The Morgan fingerprint density at radius 1 is 1.24 bits per heavy atom. The van der Waals surface area contributed by atoms with Crippen LogP contribution in [-0.2, 0) is 22.6 Å². The molecule has 0 aliphatic carbocycles. The molecular formula is C22H36N4O3. The van der Waals surface area contributed by atoms with Crippen LogP contribution in [0.25, 0.3) is 0 Å². The molecule has 1 aromatic carbocycles. The Balaban J connectivity index is 1.79. The number of rotatable bonds is 6. The van der Waals surface area contributed by atoms with Crippen LogP contribution in [0.5, 0.6) is 0 Å². The number of hydrogen-bond donors (Lipinski definition) is 2. The maximum Gasteiger partial charge on any atom is 0.409 e. The Kier molecular flexibility index (Phi) is 8.76. The number of nitrogens with one attached hydrogen (secondary N) is 2. The van der Waals surface area contributed by atoms with Gasteiger partial charge in [0.2, 0.25) is 0 Å². The lowest BCUT2D eigenvalue weighted by molar-refractivity contribution is -0.0149. The van der Waals surface area contributed by atoms with Crippen LogP contribution in [0.2, 0.25) is 0 Å². The summed E-state index contributed by atoms with van der Waals surface area (Å²) >= 11 is 0. The lowest BCUT2D eigenvalue weighted by Crippen LogP contribution is -2.49. The van der Waals surface area contributed by atoms with Crippen LogP contribution in [0, 0.1) is 0 Å². The van der Waals surface area contributed by atoms with Crippen molar-refractivity contribution in [3.8, 4) is 0 Å². The van der Waals surface area contributed by atoms with E-state index in [1.165, 1.54) is 5.56 Å². The molecule has 0 unspecified atom stereocenters. The Morgan fingerprint density at radius 3 is 2.55 bits per heavy atom. The zero-order valence-electron chi connectivity index (χ0n) is 18.5. The summed E-state index contributed by atoms with van der Waals surface area (Å²) in [5.41, 5.74) is 2.19. The standard InChI is InChI=1S/C22H36N4O3/c1-6-28-21(27)26-12-10-19(11-13-26)25-20(23-5)24-15-17-8-7-9-18(14-17)16-29-22(2,3)4/h7-9,14,19H,6,10-13,15-16H2,1-5H3,(H2,23,24,25). The van der Waals surface area contributed by atoms with E-state index in [4.69, 9.17) is 9.47 Å². The van der Waals surface area contributed by atoms with Gasteiger partial charge in [0.1, 0.15) is 0 Å². The number of carbonyl (C=O) groups is 1.